The molecule has 0 radical (unpaired) electrons. The maximum atomic E-state index is 11.0. The van der Waals surface area contributed by atoms with Crippen LogP contribution in [0.15, 0.2) is 42.5 Å². The van der Waals surface area contributed by atoms with Gasteiger partial charge >= 0.3 is 5.97 Å². The Bertz CT molecular complexity index is 647. The lowest BCUT2D eigenvalue weighted by molar-refractivity contribution is -0.141. The molecule has 3 heteroatoms. The highest BCUT2D eigenvalue weighted by Crippen LogP contribution is 2.36. The third-order valence-corrected chi connectivity index (χ3v) is 4.02. The van der Waals surface area contributed by atoms with Crippen molar-refractivity contribution in [2.75, 3.05) is 6.61 Å². The van der Waals surface area contributed by atoms with Crippen LogP contribution in [-0.4, -0.2) is 17.7 Å². The van der Waals surface area contributed by atoms with Crippen LogP contribution in [0.25, 0.3) is 0 Å². The first-order valence-electron chi connectivity index (χ1n) is 7.48. The van der Waals surface area contributed by atoms with E-state index >= 15 is 0 Å². The zero-order chi connectivity index (χ0) is 16.1. The number of phenolic OH excluding ortho intramolecular Hbond substituents is 1. The van der Waals surface area contributed by atoms with Crippen molar-refractivity contribution in [2.24, 2.45) is 0 Å². The van der Waals surface area contributed by atoms with E-state index in [1.165, 1.54) is 6.92 Å². The highest BCUT2D eigenvalue weighted by Gasteiger charge is 2.19. The minimum Gasteiger partial charge on any atom is -0.507 e. The van der Waals surface area contributed by atoms with Gasteiger partial charge in [-0.25, -0.2) is 0 Å². The molecule has 0 saturated carbocycles. The summed E-state index contributed by atoms with van der Waals surface area (Å²) in [6, 6.07) is 14.0. The molecule has 0 amide bonds. The second-order valence-corrected chi connectivity index (χ2v) is 5.54. The Morgan fingerprint density at radius 2 is 1.82 bits per heavy atom. The number of ether oxygens (including phenoxy) is 1. The van der Waals surface area contributed by atoms with Gasteiger partial charge in [-0.2, -0.15) is 0 Å². The van der Waals surface area contributed by atoms with Crippen LogP contribution < -0.4 is 0 Å². The minimum absolute atomic E-state index is 0.000139. The summed E-state index contributed by atoms with van der Waals surface area (Å²) in [4.78, 5) is 11.0. The summed E-state index contributed by atoms with van der Waals surface area (Å²) in [6.45, 7) is 5.64. The molecule has 0 aliphatic heterocycles. The fourth-order valence-corrected chi connectivity index (χ4v) is 2.61. The molecule has 0 heterocycles. The number of phenols is 1. The second kappa shape index (κ2) is 7.12. The Labute approximate surface area is 131 Å². The SMILES string of the molecule is CC(=O)OCC[C@H](c1ccccc1)c1ccc(C)c(C)c1O. The van der Waals surface area contributed by atoms with Gasteiger partial charge in [-0.15, -0.1) is 0 Å². The monoisotopic (exact) mass is 298 g/mol. The maximum absolute atomic E-state index is 11.0. The molecule has 0 saturated heterocycles. The molecular weight excluding hydrogens is 276 g/mol. The van der Waals surface area contributed by atoms with Crippen molar-refractivity contribution in [3.05, 3.63) is 64.7 Å². The van der Waals surface area contributed by atoms with E-state index < -0.39 is 0 Å². The van der Waals surface area contributed by atoms with Crippen LogP contribution >= 0.6 is 0 Å². The van der Waals surface area contributed by atoms with Crippen molar-refractivity contribution in [1.82, 2.24) is 0 Å². The van der Waals surface area contributed by atoms with Gasteiger partial charge in [-0.05, 0) is 37.0 Å². The number of hydrogen-bond acceptors (Lipinski definition) is 3. The smallest absolute Gasteiger partial charge is 0.302 e. The lowest BCUT2D eigenvalue weighted by Gasteiger charge is -2.20. The summed E-state index contributed by atoms with van der Waals surface area (Å²) in [6.07, 6.45) is 0.639. The molecule has 2 rings (SSSR count). The predicted octanol–water partition coefficient (Wildman–Crippen LogP) is 4.09. The molecule has 22 heavy (non-hydrogen) atoms. The molecule has 0 bridgehead atoms. The normalized spacial score (nSPS) is 12.0. The Hall–Kier alpha value is -2.29. The summed E-state index contributed by atoms with van der Waals surface area (Å²) in [5, 5.41) is 10.5. The Kier molecular flexibility index (Phi) is 5.21. The van der Waals surface area contributed by atoms with Crippen LogP contribution in [0.2, 0.25) is 0 Å². The van der Waals surface area contributed by atoms with Gasteiger partial charge in [0.15, 0.2) is 0 Å². The van der Waals surface area contributed by atoms with E-state index in [2.05, 4.69) is 0 Å². The number of esters is 1. The average molecular weight is 298 g/mol. The lowest BCUT2D eigenvalue weighted by Crippen LogP contribution is -2.09. The van der Waals surface area contributed by atoms with Crippen LogP contribution in [0.3, 0.4) is 0 Å². The number of benzene rings is 2. The van der Waals surface area contributed by atoms with E-state index in [4.69, 9.17) is 4.74 Å². The summed E-state index contributed by atoms with van der Waals surface area (Å²) < 4.78 is 5.09. The van der Waals surface area contributed by atoms with E-state index in [1.54, 1.807) is 0 Å². The van der Waals surface area contributed by atoms with Crippen LogP contribution in [0.5, 0.6) is 5.75 Å². The Morgan fingerprint density at radius 3 is 2.45 bits per heavy atom. The third-order valence-electron chi connectivity index (χ3n) is 4.02. The number of hydrogen-bond donors (Lipinski definition) is 1. The molecule has 0 aliphatic carbocycles. The van der Waals surface area contributed by atoms with Crippen molar-refractivity contribution in [1.29, 1.82) is 0 Å². The van der Waals surface area contributed by atoms with Crippen molar-refractivity contribution in [3.8, 4) is 5.75 Å². The first-order valence-corrected chi connectivity index (χ1v) is 7.48. The summed E-state index contributed by atoms with van der Waals surface area (Å²) in [5.41, 5.74) is 3.94. The number of aryl methyl sites for hydroxylation is 1. The lowest BCUT2D eigenvalue weighted by atomic mass is 9.86. The molecule has 1 atom stereocenters. The summed E-state index contributed by atoms with van der Waals surface area (Å²) >= 11 is 0. The number of rotatable bonds is 5. The number of carbonyl (C=O) groups is 1. The van der Waals surface area contributed by atoms with Gasteiger partial charge in [0.2, 0.25) is 0 Å². The van der Waals surface area contributed by atoms with Gasteiger partial charge in [0, 0.05) is 18.4 Å². The molecule has 2 aromatic carbocycles. The van der Waals surface area contributed by atoms with Gasteiger partial charge in [0.25, 0.3) is 0 Å². The van der Waals surface area contributed by atoms with Gasteiger partial charge in [0.05, 0.1) is 6.61 Å². The molecule has 1 N–H and O–H groups in total. The second-order valence-electron chi connectivity index (χ2n) is 5.54. The maximum Gasteiger partial charge on any atom is 0.302 e. The van der Waals surface area contributed by atoms with Gasteiger partial charge < -0.3 is 9.84 Å². The largest absolute Gasteiger partial charge is 0.507 e. The topological polar surface area (TPSA) is 46.5 Å². The van der Waals surface area contributed by atoms with Crippen molar-refractivity contribution in [3.63, 3.8) is 0 Å². The highest BCUT2D eigenvalue weighted by atomic mass is 16.5. The molecular formula is C19H22O3. The quantitative estimate of drug-likeness (QED) is 0.846. The van der Waals surface area contributed by atoms with Crippen molar-refractivity contribution in [2.45, 2.75) is 33.1 Å². The van der Waals surface area contributed by atoms with E-state index in [0.29, 0.717) is 18.8 Å². The fraction of sp³-hybridized carbons (Fsp3) is 0.316. The zero-order valence-corrected chi connectivity index (χ0v) is 13.3. The van der Waals surface area contributed by atoms with Gasteiger partial charge in [-0.3, -0.25) is 4.79 Å². The standard InChI is InChI=1S/C19H22O3/c1-13-9-10-18(19(21)14(13)2)17(11-12-22-15(3)20)16-7-5-4-6-8-16/h4-10,17,21H,11-12H2,1-3H3/t17-/m1/s1. The van der Waals surface area contributed by atoms with Crippen LogP contribution in [0, 0.1) is 13.8 Å². The highest BCUT2D eigenvalue weighted by molar-refractivity contribution is 5.65. The third kappa shape index (κ3) is 3.67. The van der Waals surface area contributed by atoms with E-state index in [0.717, 1.165) is 22.3 Å². The van der Waals surface area contributed by atoms with Crippen LogP contribution in [0.4, 0.5) is 0 Å². The number of aromatic hydroxyl groups is 1. The molecule has 0 unspecified atom stereocenters. The zero-order valence-electron chi connectivity index (χ0n) is 13.3. The molecule has 0 aromatic heterocycles. The minimum atomic E-state index is -0.281. The molecule has 3 nitrogen and oxygen atoms in total. The van der Waals surface area contributed by atoms with Crippen molar-refractivity contribution >= 4 is 5.97 Å². The molecule has 0 fully saturated rings. The van der Waals surface area contributed by atoms with Crippen LogP contribution in [0.1, 0.15) is 41.5 Å². The number of carbonyl (C=O) groups excluding carboxylic acids is 1. The van der Waals surface area contributed by atoms with Gasteiger partial charge in [-0.1, -0.05) is 42.5 Å². The first kappa shape index (κ1) is 16.1. The molecule has 0 spiro atoms. The predicted molar refractivity (Wildman–Crippen MR) is 87.1 cm³/mol. The van der Waals surface area contributed by atoms with Crippen molar-refractivity contribution < 1.29 is 14.6 Å². The first-order chi connectivity index (χ1) is 10.5. The Morgan fingerprint density at radius 1 is 1.14 bits per heavy atom. The molecule has 116 valence electrons. The average Bonchev–Trinajstić information content (AvgIpc) is 2.51. The fourth-order valence-electron chi connectivity index (χ4n) is 2.61. The van der Waals surface area contributed by atoms with E-state index in [1.807, 2.05) is 56.3 Å². The van der Waals surface area contributed by atoms with E-state index in [9.17, 15) is 9.90 Å². The molecule has 2 aromatic rings. The Balaban J connectivity index is 2.36. The summed E-state index contributed by atoms with van der Waals surface area (Å²) in [5.74, 6) is 0.0487. The van der Waals surface area contributed by atoms with Crippen LogP contribution in [-0.2, 0) is 9.53 Å². The van der Waals surface area contributed by atoms with Gasteiger partial charge in [0.1, 0.15) is 5.75 Å². The summed E-state index contributed by atoms with van der Waals surface area (Å²) in [7, 11) is 0. The molecule has 0 aliphatic rings. The van der Waals surface area contributed by atoms with E-state index in [-0.39, 0.29) is 11.9 Å².